The van der Waals surface area contributed by atoms with Crippen LogP contribution in [0.3, 0.4) is 0 Å². The van der Waals surface area contributed by atoms with Gasteiger partial charge in [0.1, 0.15) is 11.5 Å². The zero-order valence-electron chi connectivity index (χ0n) is 16.6. The fraction of sp³-hybridized carbons (Fsp3) is 0.391. The van der Waals surface area contributed by atoms with Gasteiger partial charge in [0.15, 0.2) is 0 Å². The summed E-state index contributed by atoms with van der Waals surface area (Å²) in [5.74, 6) is -0.417. The molecule has 5 rings (SSSR count). The number of rotatable bonds is 2. The van der Waals surface area contributed by atoms with E-state index in [1.807, 2.05) is 23.1 Å². The standard InChI is InChI=1S/C23H24FN3O3/c24-17-5-3-4-16(12-17)13-20(28)27-10-8-22(9-11-27)14-23(15-30-22)25-19-7-2-1-6-18(19)21(29)26-23/h1-7,12,25H,8-11,13-15H2,(H,26,29). The first-order chi connectivity index (χ1) is 14.5. The van der Waals surface area contributed by atoms with Crippen LogP contribution in [0.2, 0.25) is 0 Å². The molecule has 6 nitrogen and oxygen atoms in total. The lowest BCUT2D eigenvalue weighted by molar-refractivity contribution is -0.135. The fourth-order valence-electron chi connectivity index (χ4n) is 4.87. The Bertz CT molecular complexity index is 1000. The van der Waals surface area contributed by atoms with Gasteiger partial charge in [-0.2, -0.15) is 0 Å². The fourth-order valence-corrected chi connectivity index (χ4v) is 4.87. The first kappa shape index (κ1) is 19.1. The van der Waals surface area contributed by atoms with Crippen molar-refractivity contribution in [2.24, 2.45) is 0 Å². The van der Waals surface area contributed by atoms with Crippen molar-refractivity contribution >= 4 is 17.5 Å². The van der Waals surface area contributed by atoms with Crippen molar-refractivity contribution in [3.63, 3.8) is 0 Å². The summed E-state index contributed by atoms with van der Waals surface area (Å²) in [5.41, 5.74) is 1.18. The number of benzene rings is 2. The van der Waals surface area contributed by atoms with Crippen molar-refractivity contribution in [2.45, 2.75) is 36.9 Å². The Morgan fingerprint density at radius 2 is 1.90 bits per heavy atom. The van der Waals surface area contributed by atoms with Gasteiger partial charge in [0.2, 0.25) is 5.91 Å². The first-order valence-electron chi connectivity index (χ1n) is 10.3. The van der Waals surface area contributed by atoms with Crippen LogP contribution in [0.4, 0.5) is 10.1 Å². The van der Waals surface area contributed by atoms with Crippen LogP contribution >= 0.6 is 0 Å². The van der Waals surface area contributed by atoms with E-state index in [2.05, 4.69) is 10.6 Å². The number of nitrogens with zero attached hydrogens (tertiary/aromatic N) is 1. The van der Waals surface area contributed by atoms with Gasteiger partial charge >= 0.3 is 0 Å². The van der Waals surface area contributed by atoms with Gasteiger partial charge in [0.25, 0.3) is 5.91 Å². The second-order valence-corrected chi connectivity index (χ2v) is 8.54. The average Bonchev–Trinajstić information content (AvgIpc) is 3.05. The molecule has 1 unspecified atom stereocenters. The second kappa shape index (κ2) is 7.09. The number of hydrogen-bond donors (Lipinski definition) is 2. The topological polar surface area (TPSA) is 70.7 Å². The molecule has 7 heteroatoms. The third kappa shape index (κ3) is 3.43. The van der Waals surface area contributed by atoms with E-state index in [9.17, 15) is 14.0 Å². The first-order valence-corrected chi connectivity index (χ1v) is 10.3. The van der Waals surface area contributed by atoms with Gasteiger partial charge in [-0.3, -0.25) is 9.59 Å². The second-order valence-electron chi connectivity index (χ2n) is 8.54. The minimum Gasteiger partial charge on any atom is -0.370 e. The molecule has 3 aliphatic rings. The van der Waals surface area contributed by atoms with Gasteiger partial charge in [-0.15, -0.1) is 0 Å². The van der Waals surface area contributed by atoms with E-state index in [-0.39, 0.29) is 29.7 Å². The molecule has 0 aromatic heterocycles. The Hall–Kier alpha value is -2.93. The van der Waals surface area contributed by atoms with Crippen LogP contribution in [0.15, 0.2) is 48.5 Å². The highest BCUT2D eigenvalue weighted by atomic mass is 19.1. The molecule has 3 heterocycles. The molecule has 156 valence electrons. The van der Waals surface area contributed by atoms with Gasteiger partial charge in [-0.1, -0.05) is 24.3 Å². The maximum atomic E-state index is 13.4. The van der Waals surface area contributed by atoms with E-state index in [0.29, 0.717) is 50.1 Å². The molecule has 1 atom stereocenters. The number of carbonyl (C=O) groups excluding carboxylic acids is 2. The third-order valence-corrected chi connectivity index (χ3v) is 6.42. The number of likely N-dealkylation sites (tertiary alicyclic amines) is 1. The van der Waals surface area contributed by atoms with Gasteiger partial charge in [-0.25, -0.2) is 4.39 Å². The minimum atomic E-state index is -0.612. The molecule has 3 aliphatic heterocycles. The van der Waals surface area contributed by atoms with Crippen molar-refractivity contribution in [3.05, 3.63) is 65.5 Å². The van der Waals surface area contributed by atoms with Crippen LogP contribution in [0.5, 0.6) is 0 Å². The van der Waals surface area contributed by atoms with Crippen molar-refractivity contribution < 1.29 is 18.7 Å². The summed E-state index contributed by atoms with van der Waals surface area (Å²) in [6.07, 6.45) is 2.28. The lowest BCUT2D eigenvalue weighted by Gasteiger charge is -2.41. The van der Waals surface area contributed by atoms with E-state index >= 15 is 0 Å². The lowest BCUT2D eigenvalue weighted by Crippen LogP contribution is -2.59. The number of halogens is 1. The number of piperidine rings is 1. The SMILES string of the molecule is O=C1NC2(COC3(CCN(C(=O)Cc4cccc(F)c4)CC3)C2)Nc2ccccc21. The summed E-state index contributed by atoms with van der Waals surface area (Å²) in [6.45, 7) is 1.58. The number of carbonyl (C=O) groups is 2. The summed E-state index contributed by atoms with van der Waals surface area (Å²) in [6, 6.07) is 13.6. The molecule has 0 radical (unpaired) electrons. The number of fused-ring (bicyclic) bond motifs is 1. The zero-order valence-corrected chi connectivity index (χ0v) is 16.6. The molecule has 0 bridgehead atoms. The summed E-state index contributed by atoms with van der Waals surface area (Å²) in [7, 11) is 0. The molecular weight excluding hydrogens is 385 g/mol. The highest BCUT2D eigenvalue weighted by Crippen LogP contribution is 2.42. The monoisotopic (exact) mass is 409 g/mol. The maximum absolute atomic E-state index is 13.4. The largest absolute Gasteiger partial charge is 0.370 e. The third-order valence-electron chi connectivity index (χ3n) is 6.42. The Morgan fingerprint density at radius 3 is 2.70 bits per heavy atom. The van der Waals surface area contributed by atoms with Gasteiger partial charge in [-0.05, 0) is 42.7 Å². The molecule has 2 fully saturated rings. The molecule has 2 amide bonds. The predicted molar refractivity (Wildman–Crippen MR) is 109 cm³/mol. The molecule has 2 N–H and O–H groups in total. The molecule has 2 aromatic carbocycles. The normalized spacial score (nSPS) is 24.4. The summed E-state index contributed by atoms with van der Waals surface area (Å²) in [5, 5.41) is 6.57. The van der Waals surface area contributed by atoms with Crippen LogP contribution in [0.25, 0.3) is 0 Å². The Labute approximate surface area is 174 Å². The van der Waals surface area contributed by atoms with Gasteiger partial charge in [0.05, 0.1) is 24.2 Å². The Balaban J connectivity index is 1.23. The van der Waals surface area contributed by atoms with Crippen molar-refractivity contribution in [1.82, 2.24) is 10.2 Å². The number of para-hydroxylation sites is 1. The molecular formula is C23H24FN3O3. The van der Waals surface area contributed by atoms with E-state index in [1.54, 1.807) is 18.2 Å². The lowest BCUT2D eigenvalue weighted by atomic mass is 9.84. The summed E-state index contributed by atoms with van der Waals surface area (Å²) >= 11 is 0. The van der Waals surface area contributed by atoms with Crippen LogP contribution in [-0.4, -0.2) is 47.7 Å². The highest BCUT2D eigenvalue weighted by molar-refractivity contribution is 6.02. The molecule has 0 saturated carbocycles. The number of ether oxygens (including phenoxy) is 1. The summed E-state index contributed by atoms with van der Waals surface area (Å²) in [4.78, 5) is 27.0. The number of nitrogens with one attached hydrogen (secondary N) is 2. The molecule has 2 spiro atoms. The predicted octanol–water partition coefficient (Wildman–Crippen LogP) is 2.70. The van der Waals surface area contributed by atoms with Crippen molar-refractivity contribution in [1.29, 1.82) is 0 Å². The maximum Gasteiger partial charge on any atom is 0.255 e. The number of hydrogen-bond acceptors (Lipinski definition) is 4. The van der Waals surface area contributed by atoms with E-state index < -0.39 is 5.66 Å². The molecule has 0 aliphatic carbocycles. The number of amides is 2. The minimum absolute atomic E-state index is 0.00109. The van der Waals surface area contributed by atoms with Crippen LogP contribution in [-0.2, 0) is 16.0 Å². The Morgan fingerprint density at radius 1 is 1.10 bits per heavy atom. The zero-order chi connectivity index (χ0) is 20.8. The van der Waals surface area contributed by atoms with Crippen molar-refractivity contribution in [3.8, 4) is 0 Å². The van der Waals surface area contributed by atoms with E-state index in [1.165, 1.54) is 12.1 Å². The quantitative estimate of drug-likeness (QED) is 0.800. The van der Waals surface area contributed by atoms with E-state index in [4.69, 9.17) is 4.74 Å². The van der Waals surface area contributed by atoms with Gasteiger partial charge in [0, 0.05) is 25.2 Å². The van der Waals surface area contributed by atoms with Crippen LogP contribution < -0.4 is 10.6 Å². The molecule has 2 saturated heterocycles. The van der Waals surface area contributed by atoms with E-state index in [0.717, 1.165) is 5.69 Å². The Kier molecular flexibility index (Phi) is 4.50. The smallest absolute Gasteiger partial charge is 0.255 e. The summed E-state index contributed by atoms with van der Waals surface area (Å²) < 4.78 is 19.6. The molecule has 2 aromatic rings. The highest BCUT2D eigenvalue weighted by Gasteiger charge is 2.53. The van der Waals surface area contributed by atoms with Crippen LogP contribution in [0.1, 0.15) is 35.2 Å². The van der Waals surface area contributed by atoms with Crippen LogP contribution in [0, 0.1) is 5.82 Å². The van der Waals surface area contributed by atoms with Crippen molar-refractivity contribution in [2.75, 3.05) is 25.0 Å². The van der Waals surface area contributed by atoms with Gasteiger partial charge < -0.3 is 20.3 Å². The molecule has 30 heavy (non-hydrogen) atoms. The average molecular weight is 409 g/mol. The number of anilines is 1.